The van der Waals surface area contributed by atoms with Gasteiger partial charge in [0.15, 0.2) is 0 Å². The molecule has 2 rings (SSSR count). The predicted molar refractivity (Wildman–Crippen MR) is 65.1 cm³/mol. The second kappa shape index (κ2) is 4.42. The molecule has 15 heavy (non-hydrogen) atoms. The van der Waals surface area contributed by atoms with Gasteiger partial charge in [0, 0.05) is 24.7 Å². The zero-order valence-electron chi connectivity index (χ0n) is 10.6. The third kappa shape index (κ3) is 2.94. The van der Waals surface area contributed by atoms with Gasteiger partial charge in [0.25, 0.3) is 0 Å². The van der Waals surface area contributed by atoms with Crippen LogP contribution in [0.25, 0.3) is 0 Å². The summed E-state index contributed by atoms with van der Waals surface area (Å²) < 4.78 is 0. The Bertz CT molecular complexity index is 209. The summed E-state index contributed by atoms with van der Waals surface area (Å²) in [6, 6.07) is 0.838. The topological polar surface area (TPSA) is 15.3 Å². The highest BCUT2D eigenvalue weighted by Crippen LogP contribution is 2.37. The van der Waals surface area contributed by atoms with Gasteiger partial charge in [-0.1, -0.05) is 13.3 Å². The Hall–Kier alpha value is -0.0800. The smallest absolute Gasteiger partial charge is 0.0252 e. The Labute approximate surface area is 94.4 Å². The quantitative estimate of drug-likeness (QED) is 0.765. The lowest BCUT2D eigenvalue weighted by Gasteiger charge is -2.45. The zero-order chi connectivity index (χ0) is 10.9. The van der Waals surface area contributed by atoms with Crippen LogP contribution in [0.3, 0.4) is 0 Å². The lowest BCUT2D eigenvalue weighted by molar-refractivity contribution is 0.0815. The summed E-state index contributed by atoms with van der Waals surface area (Å²) in [5, 5.41) is 3.69. The Morgan fingerprint density at radius 3 is 2.67 bits per heavy atom. The summed E-state index contributed by atoms with van der Waals surface area (Å²) in [4.78, 5) is 2.75. The summed E-state index contributed by atoms with van der Waals surface area (Å²) in [6.07, 6.45) is 5.62. The summed E-state index contributed by atoms with van der Waals surface area (Å²) >= 11 is 0. The minimum atomic E-state index is 0.319. The first-order valence-corrected chi connectivity index (χ1v) is 6.61. The highest BCUT2D eigenvalue weighted by atomic mass is 15.3. The summed E-state index contributed by atoms with van der Waals surface area (Å²) in [5.41, 5.74) is 0.319. The van der Waals surface area contributed by atoms with Gasteiger partial charge >= 0.3 is 0 Å². The third-order valence-electron chi connectivity index (χ3n) is 3.82. The van der Waals surface area contributed by atoms with Crippen LogP contribution in [0.5, 0.6) is 0 Å². The molecule has 0 aromatic rings. The van der Waals surface area contributed by atoms with Crippen molar-refractivity contribution in [2.75, 3.05) is 19.6 Å². The number of nitrogens with one attached hydrogen (secondary N) is 1. The number of unbranched alkanes of at least 4 members (excludes halogenated alkanes) is 1. The number of hydrogen-bond acceptors (Lipinski definition) is 2. The maximum atomic E-state index is 3.69. The van der Waals surface area contributed by atoms with Crippen LogP contribution in [0.1, 0.15) is 46.5 Å². The number of hydrogen-bond donors (Lipinski definition) is 1. The Morgan fingerprint density at radius 1 is 1.33 bits per heavy atom. The van der Waals surface area contributed by atoms with E-state index >= 15 is 0 Å². The molecule has 1 heterocycles. The van der Waals surface area contributed by atoms with Gasteiger partial charge in [0.05, 0.1) is 0 Å². The molecule has 1 aliphatic heterocycles. The normalized spacial score (nSPS) is 31.8. The molecule has 1 unspecified atom stereocenters. The molecule has 1 aliphatic carbocycles. The van der Waals surface area contributed by atoms with Crippen molar-refractivity contribution in [3.8, 4) is 0 Å². The van der Waals surface area contributed by atoms with Crippen molar-refractivity contribution >= 4 is 0 Å². The van der Waals surface area contributed by atoms with E-state index in [2.05, 4.69) is 31.0 Å². The van der Waals surface area contributed by atoms with Crippen molar-refractivity contribution in [2.45, 2.75) is 58.0 Å². The molecule has 0 radical (unpaired) electrons. The molecule has 0 spiro atoms. The van der Waals surface area contributed by atoms with Crippen molar-refractivity contribution in [1.29, 1.82) is 0 Å². The van der Waals surface area contributed by atoms with E-state index in [1.165, 1.54) is 45.3 Å². The zero-order valence-corrected chi connectivity index (χ0v) is 10.6. The van der Waals surface area contributed by atoms with Crippen LogP contribution >= 0.6 is 0 Å². The molecule has 2 heteroatoms. The van der Waals surface area contributed by atoms with E-state index in [-0.39, 0.29) is 0 Å². The molecule has 0 bridgehead atoms. The second-order valence-corrected chi connectivity index (χ2v) is 5.99. The minimum absolute atomic E-state index is 0.319. The van der Waals surface area contributed by atoms with Crippen molar-refractivity contribution in [1.82, 2.24) is 10.2 Å². The maximum Gasteiger partial charge on any atom is 0.0252 e. The molecule has 1 saturated heterocycles. The van der Waals surface area contributed by atoms with Gasteiger partial charge in [0.1, 0.15) is 0 Å². The van der Waals surface area contributed by atoms with Gasteiger partial charge in [0.2, 0.25) is 0 Å². The molecule has 1 N–H and O–H groups in total. The fourth-order valence-electron chi connectivity index (χ4n) is 2.74. The molecule has 0 amide bonds. The molecule has 1 saturated carbocycles. The minimum Gasteiger partial charge on any atom is -0.309 e. The van der Waals surface area contributed by atoms with E-state index in [1.807, 2.05) is 0 Å². The molecule has 1 atom stereocenters. The molecule has 0 aromatic carbocycles. The first-order chi connectivity index (χ1) is 7.12. The lowest BCUT2D eigenvalue weighted by Crippen LogP contribution is -2.62. The fourth-order valence-corrected chi connectivity index (χ4v) is 2.74. The summed E-state index contributed by atoms with van der Waals surface area (Å²) in [5.74, 6) is 1.01. The summed E-state index contributed by atoms with van der Waals surface area (Å²) in [7, 11) is 0. The molecule has 2 nitrogen and oxygen atoms in total. The van der Waals surface area contributed by atoms with Crippen LogP contribution in [0.2, 0.25) is 0 Å². The maximum absolute atomic E-state index is 3.69. The van der Waals surface area contributed by atoms with E-state index in [4.69, 9.17) is 0 Å². The van der Waals surface area contributed by atoms with Crippen LogP contribution in [-0.2, 0) is 0 Å². The first-order valence-electron chi connectivity index (χ1n) is 6.61. The number of rotatable bonds is 4. The van der Waals surface area contributed by atoms with Crippen LogP contribution in [0.4, 0.5) is 0 Å². The van der Waals surface area contributed by atoms with E-state index < -0.39 is 0 Å². The van der Waals surface area contributed by atoms with Crippen LogP contribution in [0.15, 0.2) is 0 Å². The lowest BCUT2D eigenvalue weighted by atomic mass is 9.96. The van der Waals surface area contributed by atoms with Crippen LogP contribution in [0, 0.1) is 5.92 Å². The predicted octanol–water partition coefficient (Wildman–Crippen LogP) is 2.25. The Kier molecular flexibility index (Phi) is 3.36. The van der Waals surface area contributed by atoms with Gasteiger partial charge in [-0.25, -0.2) is 0 Å². The van der Waals surface area contributed by atoms with Crippen LogP contribution < -0.4 is 5.32 Å². The van der Waals surface area contributed by atoms with Crippen LogP contribution in [-0.4, -0.2) is 36.1 Å². The molecule has 88 valence electrons. The van der Waals surface area contributed by atoms with E-state index in [0.717, 1.165) is 12.0 Å². The Balaban J connectivity index is 1.92. The van der Waals surface area contributed by atoms with Crippen molar-refractivity contribution in [3.05, 3.63) is 0 Å². The standard InChI is InChI=1S/C13H26N2/c1-4-5-8-15-10-13(2,3)14-9-12(15)11-6-7-11/h11-12,14H,4-10H2,1-3H3. The largest absolute Gasteiger partial charge is 0.309 e. The molecule has 0 aromatic heterocycles. The van der Waals surface area contributed by atoms with E-state index in [0.29, 0.717) is 5.54 Å². The molecular weight excluding hydrogens is 184 g/mol. The average Bonchev–Trinajstić information content (AvgIpc) is 2.97. The van der Waals surface area contributed by atoms with Crippen molar-refractivity contribution < 1.29 is 0 Å². The number of nitrogens with zero attached hydrogens (tertiary/aromatic N) is 1. The van der Waals surface area contributed by atoms with E-state index in [1.54, 1.807) is 0 Å². The molecular formula is C13H26N2. The van der Waals surface area contributed by atoms with Crippen molar-refractivity contribution in [3.63, 3.8) is 0 Å². The van der Waals surface area contributed by atoms with Crippen molar-refractivity contribution in [2.24, 2.45) is 5.92 Å². The first kappa shape index (κ1) is 11.4. The van der Waals surface area contributed by atoms with Gasteiger partial charge in [-0.15, -0.1) is 0 Å². The SMILES string of the molecule is CCCCN1CC(C)(C)NCC1C1CC1. The monoisotopic (exact) mass is 210 g/mol. The fraction of sp³-hybridized carbons (Fsp3) is 1.00. The van der Waals surface area contributed by atoms with E-state index in [9.17, 15) is 0 Å². The van der Waals surface area contributed by atoms with Gasteiger partial charge < -0.3 is 5.32 Å². The van der Waals surface area contributed by atoms with Gasteiger partial charge in [-0.05, 0) is 45.6 Å². The van der Waals surface area contributed by atoms with Gasteiger partial charge in [-0.2, -0.15) is 0 Å². The average molecular weight is 210 g/mol. The third-order valence-corrected chi connectivity index (χ3v) is 3.82. The highest BCUT2D eigenvalue weighted by Gasteiger charge is 2.40. The Morgan fingerprint density at radius 2 is 2.07 bits per heavy atom. The summed E-state index contributed by atoms with van der Waals surface area (Å²) in [6.45, 7) is 10.7. The van der Waals surface area contributed by atoms with Gasteiger partial charge in [-0.3, -0.25) is 4.90 Å². The molecule has 2 aliphatic rings. The number of piperazine rings is 1. The highest BCUT2D eigenvalue weighted by molar-refractivity contribution is 4.98. The molecule has 2 fully saturated rings. The second-order valence-electron chi connectivity index (χ2n) is 5.99.